The van der Waals surface area contributed by atoms with Crippen molar-refractivity contribution in [2.24, 2.45) is 0 Å². The number of nitrogens with one attached hydrogen (secondary N) is 1. The third-order valence-corrected chi connectivity index (χ3v) is 4.77. The maximum Gasteiger partial charge on any atom is 0.224 e. The number of nitrogen functional groups attached to an aromatic ring is 1. The first-order valence-electron chi connectivity index (χ1n) is 7.69. The number of rotatable bonds is 2. The topological polar surface area (TPSA) is 87.0 Å². The van der Waals surface area contributed by atoms with Gasteiger partial charge in [0.05, 0.1) is 6.33 Å². The molecule has 0 bridgehead atoms. The molecular weight excluding hydrogens is 266 g/mol. The van der Waals surface area contributed by atoms with Gasteiger partial charge in [0.1, 0.15) is 5.52 Å². The maximum atomic E-state index is 5.79. The highest BCUT2D eigenvalue weighted by atomic mass is 15.4. The quantitative estimate of drug-likeness (QED) is 0.857. The summed E-state index contributed by atoms with van der Waals surface area (Å²) >= 11 is 0. The van der Waals surface area contributed by atoms with Gasteiger partial charge >= 0.3 is 0 Å². The zero-order chi connectivity index (χ0) is 14.4. The molecule has 2 aromatic heterocycles. The fourth-order valence-electron chi connectivity index (χ4n) is 3.56. The molecule has 2 saturated heterocycles. The van der Waals surface area contributed by atoms with Crippen LogP contribution in [0.4, 0.5) is 11.8 Å². The molecular formula is C14H21N7. The number of hydrogen-bond acceptors (Lipinski definition) is 6. The van der Waals surface area contributed by atoms with Crippen molar-refractivity contribution in [3.63, 3.8) is 0 Å². The van der Waals surface area contributed by atoms with Gasteiger partial charge in [0.2, 0.25) is 5.95 Å². The lowest BCUT2D eigenvalue weighted by Crippen LogP contribution is -2.62. The lowest BCUT2D eigenvalue weighted by Gasteiger charge is -2.49. The SMILES string of the molecule is CC1CCCCN1C1CN(c2nc(N)nc3nc[nH]c23)C1. The molecule has 1 atom stereocenters. The average Bonchev–Trinajstić information content (AvgIpc) is 2.87. The molecule has 2 aliphatic heterocycles. The van der Waals surface area contributed by atoms with E-state index in [4.69, 9.17) is 5.73 Å². The third-order valence-electron chi connectivity index (χ3n) is 4.77. The second-order valence-corrected chi connectivity index (χ2v) is 6.15. The van der Waals surface area contributed by atoms with Crippen LogP contribution in [0.3, 0.4) is 0 Å². The van der Waals surface area contributed by atoms with Gasteiger partial charge < -0.3 is 15.6 Å². The first-order chi connectivity index (χ1) is 10.2. The molecule has 0 aromatic carbocycles. The largest absolute Gasteiger partial charge is 0.368 e. The molecule has 7 heteroatoms. The molecule has 7 nitrogen and oxygen atoms in total. The maximum absolute atomic E-state index is 5.79. The van der Waals surface area contributed by atoms with Gasteiger partial charge in [-0.1, -0.05) is 6.42 Å². The summed E-state index contributed by atoms with van der Waals surface area (Å²) in [6.45, 7) is 5.59. The van der Waals surface area contributed by atoms with Gasteiger partial charge in [0.15, 0.2) is 11.5 Å². The fraction of sp³-hybridized carbons (Fsp3) is 0.643. The van der Waals surface area contributed by atoms with Crippen LogP contribution in [0.5, 0.6) is 0 Å². The molecule has 0 amide bonds. The van der Waals surface area contributed by atoms with Crippen LogP contribution in [0.2, 0.25) is 0 Å². The highest BCUT2D eigenvalue weighted by Gasteiger charge is 2.36. The molecule has 112 valence electrons. The van der Waals surface area contributed by atoms with Gasteiger partial charge in [-0.3, -0.25) is 4.90 Å². The summed E-state index contributed by atoms with van der Waals surface area (Å²) in [4.78, 5) is 20.8. The number of anilines is 2. The zero-order valence-corrected chi connectivity index (χ0v) is 12.3. The number of imidazole rings is 1. The molecule has 0 saturated carbocycles. The predicted octanol–water partition coefficient (Wildman–Crippen LogP) is 0.998. The minimum Gasteiger partial charge on any atom is -0.368 e. The minimum atomic E-state index is 0.291. The summed E-state index contributed by atoms with van der Waals surface area (Å²) in [5.74, 6) is 1.18. The van der Waals surface area contributed by atoms with Crippen molar-refractivity contribution in [3.8, 4) is 0 Å². The first kappa shape index (κ1) is 12.8. The Morgan fingerprint density at radius 3 is 2.95 bits per heavy atom. The van der Waals surface area contributed by atoms with Crippen molar-refractivity contribution in [3.05, 3.63) is 6.33 Å². The number of piperidine rings is 1. The van der Waals surface area contributed by atoms with Crippen LogP contribution in [-0.2, 0) is 0 Å². The second kappa shape index (κ2) is 4.84. The zero-order valence-electron chi connectivity index (χ0n) is 12.3. The number of aromatic nitrogens is 4. The van der Waals surface area contributed by atoms with Crippen molar-refractivity contribution in [2.45, 2.75) is 38.3 Å². The van der Waals surface area contributed by atoms with Crippen LogP contribution in [0.15, 0.2) is 6.33 Å². The van der Waals surface area contributed by atoms with Gasteiger partial charge in [-0.15, -0.1) is 0 Å². The summed E-state index contributed by atoms with van der Waals surface area (Å²) in [6, 6.07) is 1.34. The number of nitrogens with zero attached hydrogens (tertiary/aromatic N) is 5. The normalized spacial score (nSPS) is 24.4. The average molecular weight is 287 g/mol. The molecule has 3 N–H and O–H groups in total. The van der Waals surface area contributed by atoms with Crippen LogP contribution >= 0.6 is 0 Å². The Bertz CT molecular complexity index is 646. The number of hydrogen-bond donors (Lipinski definition) is 2. The van der Waals surface area contributed by atoms with Crippen LogP contribution in [-0.4, -0.2) is 56.6 Å². The minimum absolute atomic E-state index is 0.291. The van der Waals surface area contributed by atoms with Crippen molar-refractivity contribution in [2.75, 3.05) is 30.3 Å². The van der Waals surface area contributed by atoms with E-state index < -0.39 is 0 Å². The monoisotopic (exact) mass is 287 g/mol. The molecule has 2 aliphatic rings. The van der Waals surface area contributed by atoms with Crippen LogP contribution < -0.4 is 10.6 Å². The third kappa shape index (κ3) is 2.12. The molecule has 2 fully saturated rings. The van der Waals surface area contributed by atoms with Crippen molar-refractivity contribution >= 4 is 22.9 Å². The Hall–Kier alpha value is -1.89. The van der Waals surface area contributed by atoms with Gasteiger partial charge in [0, 0.05) is 25.2 Å². The number of H-pyrrole nitrogens is 1. The van der Waals surface area contributed by atoms with E-state index in [-0.39, 0.29) is 0 Å². The summed E-state index contributed by atoms with van der Waals surface area (Å²) in [6.07, 6.45) is 5.66. The van der Waals surface area contributed by atoms with E-state index in [1.54, 1.807) is 6.33 Å². The predicted molar refractivity (Wildman–Crippen MR) is 82.1 cm³/mol. The number of nitrogens with two attached hydrogens (primary N) is 1. The van der Waals surface area contributed by atoms with Crippen molar-refractivity contribution in [1.29, 1.82) is 0 Å². The summed E-state index contributed by atoms with van der Waals surface area (Å²) in [5.41, 5.74) is 7.32. The lowest BCUT2D eigenvalue weighted by atomic mass is 9.97. The van der Waals surface area contributed by atoms with E-state index in [0.29, 0.717) is 23.7 Å². The van der Waals surface area contributed by atoms with Crippen LogP contribution in [0.25, 0.3) is 11.2 Å². The number of likely N-dealkylation sites (tertiary alicyclic amines) is 1. The Kier molecular flexibility index (Phi) is 2.95. The first-order valence-corrected chi connectivity index (χ1v) is 7.69. The standard InChI is InChI=1S/C14H21N7/c1-9-4-2-3-5-21(9)10-6-20(7-10)13-11-12(17-8-16-11)18-14(15)19-13/h8-10H,2-7H2,1H3,(H3,15,16,17,18,19). The summed E-state index contributed by atoms with van der Waals surface area (Å²) in [7, 11) is 0. The molecule has 4 heterocycles. The van der Waals surface area contributed by atoms with Crippen molar-refractivity contribution < 1.29 is 0 Å². The van der Waals surface area contributed by atoms with Gasteiger partial charge in [-0.05, 0) is 26.3 Å². The Labute approximate surface area is 123 Å². The van der Waals surface area contributed by atoms with Gasteiger partial charge in [-0.2, -0.15) is 9.97 Å². The molecule has 4 rings (SSSR count). The number of aromatic amines is 1. The Morgan fingerprint density at radius 1 is 1.29 bits per heavy atom. The van der Waals surface area contributed by atoms with Crippen LogP contribution in [0.1, 0.15) is 26.2 Å². The molecule has 1 unspecified atom stereocenters. The molecule has 0 aliphatic carbocycles. The van der Waals surface area contributed by atoms with E-state index in [0.717, 1.165) is 24.4 Å². The van der Waals surface area contributed by atoms with E-state index >= 15 is 0 Å². The Balaban J connectivity index is 1.53. The van der Waals surface area contributed by atoms with E-state index in [2.05, 4.69) is 36.7 Å². The molecule has 0 spiro atoms. The molecule has 21 heavy (non-hydrogen) atoms. The van der Waals surface area contributed by atoms with Gasteiger partial charge in [0.25, 0.3) is 0 Å². The molecule has 2 aromatic rings. The number of fused-ring (bicyclic) bond motifs is 1. The van der Waals surface area contributed by atoms with Crippen LogP contribution in [0, 0.1) is 0 Å². The summed E-state index contributed by atoms with van der Waals surface area (Å²) < 4.78 is 0. The Morgan fingerprint density at radius 2 is 2.14 bits per heavy atom. The smallest absolute Gasteiger partial charge is 0.224 e. The highest BCUT2D eigenvalue weighted by molar-refractivity contribution is 5.84. The highest BCUT2D eigenvalue weighted by Crippen LogP contribution is 2.30. The van der Waals surface area contributed by atoms with E-state index in [1.807, 2.05) is 0 Å². The second-order valence-electron chi connectivity index (χ2n) is 6.15. The molecule has 0 radical (unpaired) electrons. The lowest BCUT2D eigenvalue weighted by molar-refractivity contribution is 0.0874. The van der Waals surface area contributed by atoms with E-state index in [1.165, 1.54) is 25.8 Å². The van der Waals surface area contributed by atoms with Crippen molar-refractivity contribution in [1.82, 2.24) is 24.8 Å². The summed E-state index contributed by atoms with van der Waals surface area (Å²) in [5, 5.41) is 0. The van der Waals surface area contributed by atoms with E-state index in [9.17, 15) is 0 Å². The van der Waals surface area contributed by atoms with Gasteiger partial charge in [-0.25, -0.2) is 4.98 Å². The fourth-order valence-corrected chi connectivity index (χ4v) is 3.56.